The van der Waals surface area contributed by atoms with E-state index in [1.165, 1.54) is 7.11 Å². The van der Waals surface area contributed by atoms with Crippen molar-refractivity contribution in [3.63, 3.8) is 0 Å². The largest absolute Gasteiger partial charge is 0.469 e. The first-order valence-electron chi connectivity index (χ1n) is 4.07. The van der Waals surface area contributed by atoms with Crippen molar-refractivity contribution in [2.24, 2.45) is 5.73 Å². The molecule has 0 bridgehead atoms. The van der Waals surface area contributed by atoms with Gasteiger partial charge in [0, 0.05) is 11.2 Å². The highest BCUT2D eigenvalue weighted by Crippen LogP contribution is 2.15. The van der Waals surface area contributed by atoms with Gasteiger partial charge in [-0.1, -0.05) is 11.6 Å². The predicted molar refractivity (Wildman–Crippen MR) is 52.8 cm³/mol. The SMILES string of the molecule is COC(=O)C[C@@H](N)c1cc(Cl)ccn1. The van der Waals surface area contributed by atoms with Gasteiger partial charge >= 0.3 is 5.97 Å². The number of rotatable bonds is 3. The molecule has 1 heterocycles. The Morgan fingerprint density at radius 3 is 3.07 bits per heavy atom. The van der Waals surface area contributed by atoms with Crippen molar-refractivity contribution in [3.05, 3.63) is 29.0 Å². The highest BCUT2D eigenvalue weighted by atomic mass is 35.5. The van der Waals surface area contributed by atoms with E-state index in [0.717, 1.165) is 0 Å². The summed E-state index contributed by atoms with van der Waals surface area (Å²) in [5, 5.41) is 0.551. The van der Waals surface area contributed by atoms with E-state index in [1.54, 1.807) is 18.3 Å². The maximum atomic E-state index is 10.9. The molecule has 14 heavy (non-hydrogen) atoms. The molecule has 0 fully saturated rings. The van der Waals surface area contributed by atoms with E-state index in [2.05, 4.69) is 9.72 Å². The molecule has 0 aliphatic carbocycles. The lowest BCUT2D eigenvalue weighted by atomic mass is 10.1. The average Bonchev–Trinajstić information content (AvgIpc) is 2.17. The minimum Gasteiger partial charge on any atom is -0.469 e. The molecule has 0 amide bonds. The van der Waals surface area contributed by atoms with Crippen molar-refractivity contribution < 1.29 is 9.53 Å². The Balaban J connectivity index is 2.69. The topological polar surface area (TPSA) is 65.2 Å². The predicted octanol–water partition coefficient (Wildman–Crippen LogP) is 1.30. The second-order valence-electron chi connectivity index (χ2n) is 2.79. The normalized spacial score (nSPS) is 12.2. The number of ether oxygens (including phenoxy) is 1. The van der Waals surface area contributed by atoms with Crippen LogP contribution >= 0.6 is 11.6 Å². The molecule has 4 nitrogen and oxygen atoms in total. The van der Waals surface area contributed by atoms with E-state index in [1.807, 2.05) is 0 Å². The van der Waals surface area contributed by atoms with Crippen LogP contribution in [-0.2, 0) is 9.53 Å². The van der Waals surface area contributed by atoms with Crippen molar-refractivity contribution in [2.45, 2.75) is 12.5 Å². The minimum atomic E-state index is -0.471. The Labute approximate surface area is 87.0 Å². The third-order valence-corrected chi connectivity index (χ3v) is 1.97. The summed E-state index contributed by atoms with van der Waals surface area (Å²) >= 11 is 5.75. The zero-order chi connectivity index (χ0) is 10.6. The molecule has 0 unspecified atom stereocenters. The number of esters is 1. The molecule has 2 N–H and O–H groups in total. The number of carbonyl (C=O) groups is 1. The Morgan fingerprint density at radius 2 is 2.50 bits per heavy atom. The maximum absolute atomic E-state index is 10.9. The van der Waals surface area contributed by atoms with E-state index in [9.17, 15) is 4.79 Å². The number of aromatic nitrogens is 1. The molecular formula is C9H11ClN2O2. The van der Waals surface area contributed by atoms with Crippen LogP contribution in [0.25, 0.3) is 0 Å². The summed E-state index contributed by atoms with van der Waals surface area (Å²) < 4.78 is 4.49. The molecule has 0 spiro atoms. The van der Waals surface area contributed by atoms with Crippen LogP contribution in [0.1, 0.15) is 18.2 Å². The van der Waals surface area contributed by atoms with Gasteiger partial charge in [-0.25, -0.2) is 0 Å². The van der Waals surface area contributed by atoms with Gasteiger partial charge in [0.25, 0.3) is 0 Å². The van der Waals surface area contributed by atoms with Gasteiger partial charge < -0.3 is 10.5 Å². The molecule has 0 saturated carbocycles. The van der Waals surface area contributed by atoms with Gasteiger partial charge in [-0.15, -0.1) is 0 Å². The monoisotopic (exact) mass is 214 g/mol. The Morgan fingerprint density at radius 1 is 1.79 bits per heavy atom. The summed E-state index contributed by atoms with van der Waals surface area (Å²) in [5.41, 5.74) is 6.30. The van der Waals surface area contributed by atoms with Crippen LogP contribution in [0.5, 0.6) is 0 Å². The second kappa shape index (κ2) is 4.93. The molecule has 0 aromatic carbocycles. The van der Waals surface area contributed by atoms with Crippen LogP contribution in [0.4, 0.5) is 0 Å². The van der Waals surface area contributed by atoms with Gasteiger partial charge in [0.05, 0.1) is 25.3 Å². The summed E-state index contributed by atoms with van der Waals surface area (Å²) in [6.45, 7) is 0. The third-order valence-electron chi connectivity index (χ3n) is 1.74. The Bertz CT molecular complexity index is 330. The molecule has 0 radical (unpaired) electrons. The molecule has 76 valence electrons. The quantitative estimate of drug-likeness (QED) is 0.771. The van der Waals surface area contributed by atoms with Crippen molar-refractivity contribution in [1.82, 2.24) is 4.98 Å². The van der Waals surface area contributed by atoms with Gasteiger partial charge in [-0.05, 0) is 12.1 Å². The molecule has 1 rings (SSSR count). The van der Waals surface area contributed by atoms with Gasteiger partial charge in [-0.2, -0.15) is 0 Å². The number of hydrogen-bond acceptors (Lipinski definition) is 4. The first-order valence-corrected chi connectivity index (χ1v) is 4.45. The highest BCUT2D eigenvalue weighted by Gasteiger charge is 2.12. The Hall–Kier alpha value is -1.13. The first-order chi connectivity index (χ1) is 6.63. The molecule has 0 aliphatic heterocycles. The maximum Gasteiger partial charge on any atom is 0.307 e. The fourth-order valence-electron chi connectivity index (χ4n) is 0.991. The lowest BCUT2D eigenvalue weighted by Crippen LogP contribution is -2.17. The molecule has 5 heteroatoms. The van der Waals surface area contributed by atoms with Gasteiger partial charge in [0.1, 0.15) is 0 Å². The van der Waals surface area contributed by atoms with Crippen LogP contribution in [0.15, 0.2) is 18.3 Å². The summed E-state index contributed by atoms with van der Waals surface area (Å²) in [5.74, 6) is -0.362. The number of nitrogens with zero attached hydrogens (tertiary/aromatic N) is 1. The number of carbonyl (C=O) groups excluding carboxylic acids is 1. The molecule has 0 saturated heterocycles. The number of methoxy groups -OCH3 is 1. The zero-order valence-electron chi connectivity index (χ0n) is 7.74. The van der Waals surface area contributed by atoms with Crippen LogP contribution in [0, 0.1) is 0 Å². The fourth-order valence-corrected chi connectivity index (χ4v) is 1.16. The summed E-state index contributed by atoms with van der Waals surface area (Å²) in [6, 6.07) is 2.81. The Kier molecular flexibility index (Phi) is 3.85. The van der Waals surface area contributed by atoms with E-state index in [4.69, 9.17) is 17.3 Å². The van der Waals surface area contributed by atoms with Crippen molar-refractivity contribution in [3.8, 4) is 0 Å². The lowest BCUT2D eigenvalue weighted by Gasteiger charge is -2.09. The van der Waals surface area contributed by atoms with Gasteiger partial charge in [-0.3, -0.25) is 9.78 Å². The van der Waals surface area contributed by atoms with E-state index >= 15 is 0 Å². The van der Waals surface area contributed by atoms with Gasteiger partial charge in [0.2, 0.25) is 0 Å². The van der Waals surface area contributed by atoms with Crippen molar-refractivity contribution in [2.75, 3.05) is 7.11 Å². The first kappa shape index (κ1) is 10.9. The van der Waals surface area contributed by atoms with E-state index in [-0.39, 0.29) is 12.4 Å². The summed E-state index contributed by atoms with van der Waals surface area (Å²) in [7, 11) is 1.32. The highest BCUT2D eigenvalue weighted by molar-refractivity contribution is 6.30. The zero-order valence-corrected chi connectivity index (χ0v) is 8.49. The minimum absolute atomic E-state index is 0.101. The molecule has 1 atom stereocenters. The summed E-state index contributed by atoms with van der Waals surface area (Å²) in [6.07, 6.45) is 1.65. The second-order valence-corrected chi connectivity index (χ2v) is 3.22. The van der Waals surface area contributed by atoms with Crippen molar-refractivity contribution in [1.29, 1.82) is 0 Å². The molecular weight excluding hydrogens is 204 g/mol. The van der Waals surface area contributed by atoms with E-state index < -0.39 is 6.04 Å². The summed E-state index contributed by atoms with van der Waals surface area (Å²) in [4.78, 5) is 14.9. The number of nitrogens with two attached hydrogens (primary N) is 1. The van der Waals surface area contributed by atoms with Crippen LogP contribution in [-0.4, -0.2) is 18.1 Å². The number of halogens is 1. The fraction of sp³-hybridized carbons (Fsp3) is 0.333. The molecule has 1 aromatic rings. The van der Waals surface area contributed by atoms with Crippen molar-refractivity contribution >= 4 is 17.6 Å². The lowest BCUT2D eigenvalue weighted by molar-refractivity contribution is -0.141. The smallest absolute Gasteiger partial charge is 0.307 e. The van der Waals surface area contributed by atoms with Gasteiger partial charge in [0.15, 0.2) is 0 Å². The van der Waals surface area contributed by atoms with E-state index in [0.29, 0.717) is 10.7 Å². The van der Waals surface area contributed by atoms with Crippen LogP contribution < -0.4 is 5.73 Å². The standard InChI is InChI=1S/C9H11ClN2O2/c1-14-9(13)5-7(11)8-4-6(10)2-3-12-8/h2-4,7H,5,11H2,1H3/t7-/m1/s1. The number of hydrogen-bond donors (Lipinski definition) is 1. The van der Waals surface area contributed by atoms with Crippen LogP contribution in [0.2, 0.25) is 5.02 Å². The average molecular weight is 215 g/mol. The molecule has 1 aromatic heterocycles. The number of pyridine rings is 1. The molecule has 0 aliphatic rings. The third kappa shape index (κ3) is 2.97. The van der Waals surface area contributed by atoms with Crippen LogP contribution in [0.3, 0.4) is 0 Å².